The molecule has 0 aliphatic heterocycles. The van der Waals surface area contributed by atoms with Crippen LogP contribution in [0.2, 0.25) is 0 Å². The summed E-state index contributed by atoms with van der Waals surface area (Å²) in [5.74, 6) is 1.09. The number of anilines is 1. The number of fused-ring (bicyclic) bond motifs is 2. The standard InChI is InChI=1S/C26H23N5O4S/c1-13-8-18(34-12-23(27)32)9-14(2)24(13)25-30-19-6-5-17(11-20(19)31-25)35-26(33)29-16-4-7-22-21(10-16)28-15(3)36-22/h4-11H,12H2,1-3H3,(H2,27,32)(H,29,33)(H,30,31). The Kier molecular flexibility index (Phi) is 6.03. The van der Waals surface area contributed by atoms with Crippen LogP contribution < -0.4 is 20.5 Å². The van der Waals surface area contributed by atoms with Crippen molar-refractivity contribution in [1.29, 1.82) is 0 Å². The van der Waals surface area contributed by atoms with Crippen LogP contribution in [0.5, 0.6) is 11.5 Å². The lowest BCUT2D eigenvalue weighted by molar-refractivity contribution is -0.119. The largest absolute Gasteiger partial charge is 0.484 e. The smallest absolute Gasteiger partial charge is 0.417 e. The number of nitrogens with zero attached hydrogens (tertiary/aromatic N) is 2. The summed E-state index contributed by atoms with van der Waals surface area (Å²) >= 11 is 1.60. The van der Waals surface area contributed by atoms with Gasteiger partial charge in [-0.05, 0) is 74.4 Å². The zero-order valence-electron chi connectivity index (χ0n) is 19.8. The van der Waals surface area contributed by atoms with E-state index in [1.807, 2.05) is 51.1 Å². The number of benzene rings is 3. The van der Waals surface area contributed by atoms with Gasteiger partial charge in [0.2, 0.25) is 0 Å². The second-order valence-electron chi connectivity index (χ2n) is 8.38. The van der Waals surface area contributed by atoms with Crippen LogP contribution in [0.1, 0.15) is 16.1 Å². The van der Waals surface area contributed by atoms with Gasteiger partial charge in [0, 0.05) is 17.3 Å². The number of imidazole rings is 1. The van der Waals surface area contributed by atoms with E-state index in [9.17, 15) is 9.59 Å². The molecule has 9 nitrogen and oxygen atoms in total. The molecule has 5 rings (SSSR count). The zero-order chi connectivity index (χ0) is 25.4. The van der Waals surface area contributed by atoms with E-state index in [4.69, 9.17) is 20.2 Å². The Morgan fingerprint density at radius 2 is 1.75 bits per heavy atom. The molecular weight excluding hydrogens is 478 g/mol. The zero-order valence-corrected chi connectivity index (χ0v) is 20.7. The number of aromatic nitrogens is 3. The number of ether oxygens (including phenoxy) is 2. The molecule has 0 saturated heterocycles. The minimum absolute atomic E-state index is 0.182. The van der Waals surface area contributed by atoms with E-state index in [-0.39, 0.29) is 6.61 Å². The van der Waals surface area contributed by atoms with E-state index in [1.54, 1.807) is 29.5 Å². The molecule has 0 bridgehead atoms. The molecule has 3 aromatic carbocycles. The van der Waals surface area contributed by atoms with Gasteiger partial charge in [0.15, 0.2) is 6.61 Å². The predicted molar refractivity (Wildman–Crippen MR) is 140 cm³/mol. The Morgan fingerprint density at radius 3 is 2.50 bits per heavy atom. The number of carbonyl (C=O) groups excluding carboxylic acids is 2. The van der Waals surface area contributed by atoms with Gasteiger partial charge in [-0.2, -0.15) is 0 Å². The van der Waals surface area contributed by atoms with Crippen molar-refractivity contribution < 1.29 is 19.1 Å². The van der Waals surface area contributed by atoms with Crippen LogP contribution >= 0.6 is 11.3 Å². The number of primary amides is 1. The second-order valence-corrected chi connectivity index (χ2v) is 9.62. The highest BCUT2D eigenvalue weighted by Gasteiger charge is 2.14. The Labute approximate surface area is 210 Å². The maximum Gasteiger partial charge on any atom is 0.417 e. The summed E-state index contributed by atoms with van der Waals surface area (Å²) in [6.07, 6.45) is -0.598. The number of thiazole rings is 1. The highest BCUT2D eigenvalue weighted by atomic mass is 32.1. The monoisotopic (exact) mass is 501 g/mol. The van der Waals surface area contributed by atoms with Crippen molar-refractivity contribution in [3.05, 3.63) is 64.7 Å². The van der Waals surface area contributed by atoms with Crippen molar-refractivity contribution >= 4 is 50.3 Å². The molecule has 182 valence electrons. The van der Waals surface area contributed by atoms with Gasteiger partial charge in [0.05, 0.1) is 26.3 Å². The van der Waals surface area contributed by atoms with E-state index >= 15 is 0 Å². The molecule has 0 atom stereocenters. The van der Waals surface area contributed by atoms with E-state index in [0.717, 1.165) is 42.9 Å². The number of carbonyl (C=O) groups is 2. The third-order valence-corrected chi connectivity index (χ3v) is 6.48. The highest BCUT2D eigenvalue weighted by Crippen LogP contribution is 2.32. The number of H-pyrrole nitrogens is 1. The van der Waals surface area contributed by atoms with Crippen LogP contribution in [0.25, 0.3) is 32.6 Å². The lowest BCUT2D eigenvalue weighted by Gasteiger charge is -2.11. The number of rotatable bonds is 6. The minimum Gasteiger partial charge on any atom is -0.484 e. The molecule has 0 spiro atoms. The summed E-state index contributed by atoms with van der Waals surface area (Å²) < 4.78 is 12.0. The van der Waals surface area contributed by atoms with Gasteiger partial charge < -0.3 is 20.2 Å². The Bertz CT molecular complexity index is 1620. The first-order valence-electron chi connectivity index (χ1n) is 11.1. The molecule has 5 aromatic rings. The van der Waals surface area contributed by atoms with Crippen molar-refractivity contribution in [2.75, 3.05) is 11.9 Å². The van der Waals surface area contributed by atoms with Crippen LogP contribution in [-0.4, -0.2) is 33.6 Å². The fourth-order valence-corrected chi connectivity index (χ4v) is 4.88. The normalized spacial score (nSPS) is 11.1. The molecule has 36 heavy (non-hydrogen) atoms. The Morgan fingerprint density at radius 1 is 0.972 bits per heavy atom. The third kappa shape index (κ3) is 4.84. The van der Waals surface area contributed by atoms with Gasteiger partial charge in [0.1, 0.15) is 17.3 Å². The first-order valence-corrected chi connectivity index (χ1v) is 12.0. The summed E-state index contributed by atoms with van der Waals surface area (Å²) in [4.78, 5) is 35.9. The van der Waals surface area contributed by atoms with Crippen molar-refractivity contribution in [3.8, 4) is 22.9 Å². The molecule has 2 amide bonds. The van der Waals surface area contributed by atoms with E-state index < -0.39 is 12.0 Å². The average molecular weight is 502 g/mol. The molecule has 0 aliphatic carbocycles. The minimum atomic E-state index is -0.598. The first-order chi connectivity index (χ1) is 17.2. The number of nitrogens with one attached hydrogen (secondary N) is 2. The van der Waals surface area contributed by atoms with Crippen molar-refractivity contribution in [3.63, 3.8) is 0 Å². The van der Waals surface area contributed by atoms with Crippen LogP contribution in [0, 0.1) is 20.8 Å². The summed E-state index contributed by atoms with van der Waals surface area (Å²) in [6, 6.07) is 14.4. The molecule has 0 saturated carbocycles. The number of nitrogens with two attached hydrogens (primary N) is 1. The first kappa shape index (κ1) is 23.3. The van der Waals surface area contributed by atoms with Crippen LogP contribution in [0.3, 0.4) is 0 Å². The predicted octanol–water partition coefficient (Wildman–Crippen LogP) is 5.24. The maximum atomic E-state index is 12.5. The summed E-state index contributed by atoms with van der Waals surface area (Å²) in [5.41, 5.74) is 10.8. The quantitative estimate of drug-likeness (QED) is 0.291. The highest BCUT2D eigenvalue weighted by molar-refractivity contribution is 7.18. The molecule has 0 aliphatic rings. The topological polar surface area (TPSA) is 132 Å². The molecule has 4 N–H and O–H groups in total. The number of aryl methyl sites for hydroxylation is 3. The fraction of sp³-hybridized carbons (Fsp3) is 0.154. The number of hydrogen-bond donors (Lipinski definition) is 3. The van der Waals surface area contributed by atoms with E-state index in [1.165, 1.54) is 0 Å². The van der Waals surface area contributed by atoms with Gasteiger partial charge in [-0.1, -0.05) is 0 Å². The van der Waals surface area contributed by atoms with Gasteiger partial charge in [-0.25, -0.2) is 14.8 Å². The van der Waals surface area contributed by atoms with Gasteiger partial charge in [0.25, 0.3) is 5.91 Å². The third-order valence-electron chi connectivity index (χ3n) is 5.53. The molecule has 0 fully saturated rings. The van der Waals surface area contributed by atoms with Gasteiger partial charge in [-0.3, -0.25) is 10.1 Å². The SMILES string of the molecule is Cc1nc2cc(NC(=O)Oc3ccc4nc(-c5c(C)cc(OCC(N)=O)cc5C)[nH]c4c3)ccc2s1. The Hall–Kier alpha value is -4.44. The van der Waals surface area contributed by atoms with Gasteiger partial charge >= 0.3 is 6.09 Å². The van der Waals surface area contributed by atoms with E-state index in [2.05, 4.69) is 15.3 Å². The lowest BCUT2D eigenvalue weighted by Crippen LogP contribution is -2.20. The molecule has 2 heterocycles. The average Bonchev–Trinajstić information content (AvgIpc) is 3.38. The van der Waals surface area contributed by atoms with Gasteiger partial charge in [-0.15, -0.1) is 11.3 Å². The van der Waals surface area contributed by atoms with Crippen LogP contribution in [0.4, 0.5) is 10.5 Å². The van der Waals surface area contributed by atoms with Crippen LogP contribution in [-0.2, 0) is 4.79 Å². The summed E-state index contributed by atoms with van der Waals surface area (Å²) in [5, 5.41) is 3.71. The van der Waals surface area contributed by atoms with Crippen molar-refractivity contribution in [2.45, 2.75) is 20.8 Å². The van der Waals surface area contributed by atoms with Crippen LogP contribution in [0.15, 0.2) is 48.5 Å². The summed E-state index contributed by atoms with van der Waals surface area (Å²) in [6.45, 7) is 5.64. The number of aromatic amines is 1. The lowest BCUT2D eigenvalue weighted by atomic mass is 10.0. The molecule has 2 aromatic heterocycles. The molecule has 0 radical (unpaired) electrons. The molecule has 10 heteroatoms. The van der Waals surface area contributed by atoms with Crippen molar-refractivity contribution in [1.82, 2.24) is 15.0 Å². The maximum absolute atomic E-state index is 12.5. The number of hydrogen-bond acceptors (Lipinski definition) is 7. The second kappa shape index (κ2) is 9.31. The van der Waals surface area contributed by atoms with E-state index in [0.29, 0.717) is 23.0 Å². The summed E-state index contributed by atoms with van der Waals surface area (Å²) in [7, 11) is 0. The molecular formula is C26H23N5O4S. The number of amides is 2. The molecule has 0 unspecified atom stereocenters. The fourth-order valence-electron chi connectivity index (χ4n) is 4.08. The van der Waals surface area contributed by atoms with Crippen molar-refractivity contribution in [2.24, 2.45) is 5.73 Å². The Balaban J connectivity index is 1.34.